The second kappa shape index (κ2) is 7.82. The molecule has 1 amide bonds. The summed E-state index contributed by atoms with van der Waals surface area (Å²) in [6.07, 6.45) is 2.31. The lowest BCUT2D eigenvalue weighted by Gasteiger charge is -2.29. The highest BCUT2D eigenvalue weighted by Gasteiger charge is 2.29. The highest BCUT2D eigenvalue weighted by molar-refractivity contribution is 7.18. The summed E-state index contributed by atoms with van der Waals surface area (Å²) in [5, 5.41) is 1.22. The van der Waals surface area contributed by atoms with E-state index in [1.165, 1.54) is 21.0 Å². The van der Waals surface area contributed by atoms with E-state index in [1.807, 2.05) is 32.2 Å². The van der Waals surface area contributed by atoms with Crippen LogP contribution in [0.2, 0.25) is 0 Å². The first-order valence-electron chi connectivity index (χ1n) is 9.57. The molecule has 0 radical (unpaired) electrons. The predicted octanol–water partition coefficient (Wildman–Crippen LogP) is 2.62. The van der Waals surface area contributed by atoms with Crippen LogP contribution in [-0.4, -0.2) is 42.5 Å². The molecule has 1 saturated heterocycles. The molecule has 27 heavy (non-hydrogen) atoms. The van der Waals surface area contributed by atoms with E-state index in [0.29, 0.717) is 19.0 Å². The molecule has 1 fully saturated rings. The van der Waals surface area contributed by atoms with Gasteiger partial charge < -0.3 is 14.2 Å². The number of rotatable bonds is 5. The second-order valence-corrected chi connectivity index (χ2v) is 8.56. The lowest BCUT2D eigenvalue weighted by atomic mass is 9.99. The number of likely N-dealkylation sites (N-methyl/N-ethyl adjacent to an activating group) is 1. The largest absolute Gasteiger partial charge is 0.464 e. The van der Waals surface area contributed by atoms with E-state index >= 15 is 0 Å². The van der Waals surface area contributed by atoms with E-state index in [0.717, 1.165) is 36.5 Å². The highest BCUT2D eigenvalue weighted by atomic mass is 32.1. The van der Waals surface area contributed by atoms with Gasteiger partial charge in [-0.2, -0.15) is 0 Å². The van der Waals surface area contributed by atoms with Gasteiger partial charge >= 0.3 is 0 Å². The molecule has 1 unspecified atom stereocenters. The molecule has 1 aliphatic heterocycles. The van der Waals surface area contributed by atoms with Crippen LogP contribution < -0.4 is 4.90 Å². The lowest BCUT2D eigenvalue weighted by Crippen LogP contribution is -3.14. The fourth-order valence-corrected chi connectivity index (χ4v) is 4.93. The molecule has 3 aromatic rings. The standard InChI is InChI=1S/C21H25N3O2S/c1-15-9-10-17(26-15)13-23(2)20(25)14-24-11-5-6-16(12-24)21-22-18-7-3-4-8-19(18)27-21/h3-4,7-10,16H,5-6,11-14H2,1-2H3/p+1/t16-/m0/s1. The number of nitrogens with one attached hydrogen (secondary N) is 1. The highest BCUT2D eigenvalue weighted by Crippen LogP contribution is 2.30. The second-order valence-electron chi connectivity index (χ2n) is 7.50. The van der Waals surface area contributed by atoms with E-state index in [9.17, 15) is 4.79 Å². The van der Waals surface area contributed by atoms with E-state index in [2.05, 4.69) is 18.2 Å². The third-order valence-electron chi connectivity index (χ3n) is 5.29. The van der Waals surface area contributed by atoms with Crippen molar-refractivity contribution < 1.29 is 14.1 Å². The van der Waals surface area contributed by atoms with Crippen molar-refractivity contribution in [2.45, 2.75) is 32.2 Å². The van der Waals surface area contributed by atoms with Crippen LogP contribution in [0.25, 0.3) is 10.2 Å². The summed E-state index contributed by atoms with van der Waals surface area (Å²) in [7, 11) is 1.86. The molecule has 2 atom stereocenters. The molecule has 0 spiro atoms. The number of carbonyl (C=O) groups is 1. The van der Waals surface area contributed by atoms with Crippen molar-refractivity contribution in [2.75, 3.05) is 26.7 Å². The monoisotopic (exact) mass is 384 g/mol. The Labute approximate surface area is 163 Å². The zero-order valence-corrected chi connectivity index (χ0v) is 16.7. The van der Waals surface area contributed by atoms with E-state index in [-0.39, 0.29) is 5.91 Å². The van der Waals surface area contributed by atoms with E-state index in [1.54, 1.807) is 16.2 Å². The minimum atomic E-state index is 0.170. The number of para-hydroxylation sites is 1. The van der Waals surface area contributed by atoms with Crippen molar-refractivity contribution in [1.82, 2.24) is 9.88 Å². The first-order chi connectivity index (χ1) is 13.1. The Morgan fingerprint density at radius 2 is 2.19 bits per heavy atom. The number of aryl methyl sites for hydroxylation is 1. The van der Waals surface area contributed by atoms with Gasteiger partial charge in [0.05, 0.1) is 35.8 Å². The zero-order chi connectivity index (χ0) is 18.8. The third-order valence-corrected chi connectivity index (χ3v) is 6.49. The number of hydrogen-bond acceptors (Lipinski definition) is 4. The maximum atomic E-state index is 12.7. The van der Waals surface area contributed by atoms with Crippen LogP contribution in [0, 0.1) is 6.92 Å². The van der Waals surface area contributed by atoms with Crippen LogP contribution in [-0.2, 0) is 11.3 Å². The van der Waals surface area contributed by atoms with Gasteiger partial charge in [-0.1, -0.05) is 12.1 Å². The van der Waals surface area contributed by atoms with Gasteiger partial charge in [-0.15, -0.1) is 11.3 Å². The maximum Gasteiger partial charge on any atom is 0.277 e. The van der Waals surface area contributed by atoms with Gasteiger partial charge in [-0.25, -0.2) is 4.98 Å². The Morgan fingerprint density at radius 1 is 1.33 bits per heavy atom. The van der Waals surface area contributed by atoms with Gasteiger partial charge in [-0.3, -0.25) is 4.79 Å². The van der Waals surface area contributed by atoms with Crippen LogP contribution >= 0.6 is 11.3 Å². The number of hydrogen-bond donors (Lipinski definition) is 1. The Morgan fingerprint density at radius 3 is 2.96 bits per heavy atom. The molecular formula is C21H26N3O2S+. The first kappa shape index (κ1) is 18.2. The normalized spacial score (nSPS) is 20.1. The molecule has 6 heteroatoms. The number of amides is 1. The number of furan rings is 1. The number of benzene rings is 1. The van der Waals surface area contributed by atoms with E-state index in [4.69, 9.17) is 9.40 Å². The summed E-state index contributed by atoms with van der Waals surface area (Å²) in [5.74, 6) is 2.34. The molecule has 1 aromatic carbocycles. The average Bonchev–Trinajstić information content (AvgIpc) is 3.27. The number of aromatic nitrogens is 1. The summed E-state index contributed by atoms with van der Waals surface area (Å²) in [6, 6.07) is 12.2. The zero-order valence-electron chi connectivity index (χ0n) is 15.9. The summed E-state index contributed by atoms with van der Waals surface area (Å²) in [4.78, 5) is 20.6. The predicted molar refractivity (Wildman–Crippen MR) is 107 cm³/mol. The van der Waals surface area contributed by atoms with Crippen molar-refractivity contribution in [2.24, 2.45) is 0 Å². The number of thiazole rings is 1. The van der Waals surface area contributed by atoms with Gasteiger partial charge in [0, 0.05) is 7.05 Å². The SMILES string of the molecule is Cc1ccc(CN(C)C(=O)C[NH+]2CCC[C@H](c3nc4ccccc4s3)C2)o1. The number of fused-ring (bicyclic) bond motifs is 1. The Hall–Kier alpha value is -2.18. The van der Waals surface area contributed by atoms with Gasteiger partial charge in [0.1, 0.15) is 16.5 Å². The summed E-state index contributed by atoms with van der Waals surface area (Å²) >= 11 is 1.80. The lowest BCUT2D eigenvalue weighted by molar-refractivity contribution is -0.898. The minimum absolute atomic E-state index is 0.170. The Kier molecular flexibility index (Phi) is 5.27. The number of quaternary nitrogens is 1. The van der Waals surface area contributed by atoms with Gasteiger partial charge in [0.25, 0.3) is 5.91 Å². The molecule has 0 bridgehead atoms. The summed E-state index contributed by atoms with van der Waals surface area (Å²) in [5.41, 5.74) is 1.09. The number of nitrogens with zero attached hydrogens (tertiary/aromatic N) is 2. The molecule has 142 valence electrons. The molecule has 4 rings (SSSR count). The van der Waals surface area contributed by atoms with Crippen LogP contribution in [0.1, 0.15) is 35.3 Å². The average molecular weight is 385 g/mol. The minimum Gasteiger partial charge on any atom is -0.464 e. The quantitative estimate of drug-likeness (QED) is 0.736. The van der Waals surface area contributed by atoms with Crippen molar-refractivity contribution in [3.63, 3.8) is 0 Å². The van der Waals surface area contributed by atoms with Crippen LogP contribution in [0.4, 0.5) is 0 Å². The number of piperidine rings is 1. The third kappa shape index (κ3) is 4.22. The van der Waals surface area contributed by atoms with Crippen molar-refractivity contribution in [3.05, 3.63) is 52.9 Å². The Balaban J connectivity index is 1.37. The first-order valence-corrected chi connectivity index (χ1v) is 10.4. The fraction of sp³-hybridized carbons (Fsp3) is 0.429. The molecule has 0 saturated carbocycles. The van der Waals surface area contributed by atoms with Crippen molar-refractivity contribution in [1.29, 1.82) is 0 Å². The van der Waals surface area contributed by atoms with Crippen molar-refractivity contribution >= 4 is 27.5 Å². The summed E-state index contributed by atoms with van der Waals surface area (Å²) < 4.78 is 6.84. The summed E-state index contributed by atoms with van der Waals surface area (Å²) in [6.45, 7) is 5.03. The van der Waals surface area contributed by atoms with Crippen LogP contribution in [0.5, 0.6) is 0 Å². The van der Waals surface area contributed by atoms with Gasteiger partial charge in [0.15, 0.2) is 6.54 Å². The molecular weight excluding hydrogens is 358 g/mol. The molecule has 1 aliphatic rings. The smallest absolute Gasteiger partial charge is 0.277 e. The Bertz CT molecular complexity index is 899. The molecule has 2 aromatic heterocycles. The molecule has 5 nitrogen and oxygen atoms in total. The van der Waals surface area contributed by atoms with Gasteiger partial charge in [0.2, 0.25) is 0 Å². The molecule has 1 N–H and O–H groups in total. The van der Waals surface area contributed by atoms with E-state index < -0.39 is 0 Å². The molecule has 3 heterocycles. The van der Waals surface area contributed by atoms with Crippen molar-refractivity contribution in [3.8, 4) is 0 Å². The number of likely N-dealkylation sites (tertiary alicyclic amines) is 1. The van der Waals surface area contributed by atoms with Crippen LogP contribution in [0.15, 0.2) is 40.8 Å². The maximum absolute atomic E-state index is 12.7. The van der Waals surface area contributed by atoms with Crippen LogP contribution in [0.3, 0.4) is 0 Å². The number of carbonyl (C=O) groups excluding carboxylic acids is 1. The fourth-order valence-electron chi connectivity index (χ4n) is 3.83. The molecule has 0 aliphatic carbocycles. The van der Waals surface area contributed by atoms with Gasteiger partial charge in [-0.05, 0) is 44.0 Å². The topological polar surface area (TPSA) is 50.8 Å².